The number of rotatable bonds is 6. The number of hydrogen-bond donors (Lipinski definition) is 2. The van der Waals surface area contributed by atoms with Crippen molar-refractivity contribution in [2.75, 3.05) is 13.2 Å². The van der Waals surface area contributed by atoms with E-state index in [0.717, 1.165) is 4.88 Å². The second-order valence-corrected chi connectivity index (χ2v) is 3.88. The van der Waals surface area contributed by atoms with Gasteiger partial charge in [0, 0.05) is 16.8 Å². The Morgan fingerprint density at radius 3 is 3.00 bits per heavy atom. The van der Waals surface area contributed by atoms with E-state index in [2.05, 4.69) is 5.32 Å². The highest BCUT2D eigenvalue weighted by Gasteiger charge is 2.03. The highest BCUT2D eigenvalue weighted by Crippen LogP contribution is 2.13. The lowest BCUT2D eigenvalue weighted by Crippen LogP contribution is -2.14. The van der Waals surface area contributed by atoms with Crippen molar-refractivity contribution in [3.8, 4) is 0 Å². The molecule has 0 spiro atoms. The van der Waals surface area contributed by atoms with Gasteiger partial charge in [0.05, 0.1) is 12.2 Å². The van der Waals surface area contributed by atoms with Crippen LogP contribution in [0.15, 0.2) is 11.4 Å². The summed E-state index contributed by atoms with van der Waals surface area (Å²) in [5.41, 5.74) is 5.64. The van der Waals surface area contributed by atoms with Crippen molar-refractivity contribution in [2.24, 2.45) is 5.73 Å². The number of thiophene rings is 1. The summed E-state index contributed by atoms with van der Waals surface area (Å²) in [6.07, 6.45) is 0.522. The lowest BCUT2D eigenvalue weighted by molar-refractivity contribution is 0.100. The van der Waals surface area contributed by atoms with E-state index in [9.17, 15) is 9.18 Å². The fourth-order valence-corrected chi connectivity index (χ4v) is 1.85. The van der Waals surface area contributed by atoms with Gasteiger partial charge in [0.2, 0.25) is 5.91 Å². The molecule has 0 aromatic carbocycles. The first-order valence-corrected chi connectivity index (χ1v) is 5.26. The lowest BCUT2D eigenvalue weighted by Gasteiger charge is -1.99. The van der Waals surface area contributed by atoms with E-state index in [0.29, 0.717) is 25.1 Å². The van der Waals surface area contributed by atoms with Crippen molar-refractivity contribution < 1.29 is 9.18 Å². The van der Waals surface area contributed by atoms with Gasteiger partial charge in [-0.15, -0.1) is 11.3 Å². The van der Waals surface area contributed by atoms with Gasteiger partial charge in [0.15, 0.2) is 0 Å². The molecule has 1 aromatic rings. The SMILES string of the molecule is NC(=O)c1csc(CNCCCF)c1. The molecule has 78 valence electrons. The topological polar surface area (TPSA) is 55.1 Å². The molecule has 0 fully saturated rings. The number of hydrogen-bond acceptors (Lipinski definition) is 3. The molecule has 1 aromatic heterocycles. The minimum Gasteiger partial charge on any atom is -0.366 e. The van der Waals surface area contributed by atoms with E-state index in [4.69, 9.17) is 5.73 Å². The molecule has 5 heteroatoms. The summed E-state index contributed by atoms with van der Waals surface area (Å²) in [6, 6.07) is 1.76. The van der Waals surface area contributed by atoms with Gasteiger partial charge in [-0.05, 0) is 19.0 Å². The molecule has 0 aliphatic rings. The maximum Gasteiger partial charge on any atom is 0.249 e. The summed E-state index contributed by atoms with van der Waals surface area (Å²) in [7, 11) is 0. The van der Waals surface area contributed by atoms with Crippen LogP contribution in [0.25, 0.3) is 0 Å². The van der Waals surface area contributed by atoms with Crippen molar-refractivity contribution in [2.45, 2.75) is 13.0 Å². The Balaban J connectivity index is 2.33. The zero-order valence-electron chi connectivity index (χ0n) is 7.75. The average molecular weight is 216 g/mol. The highest BCUT2D eigenvalue weighted by atomic mass is 32.1. The van der Waals surface area contributed by atoms with Crippen LogP contribution in [0.4, 0.5) is 4.39 Å². The molecule has 0 saturated carbocycles. The van der Waals surface area contributed by atoms with Crippen molar-refractivity contribution in [3.63, 3.8) is 0 Å². The Morgan fingerprint density at radius 2 is 2.43 bits per heavy atom. The van der Waals surface area contributed by atoms with Crippen LogP contribution in [-0.2, 0) is 6.54 Å². The number of nitrogens with one attached hydrogen (secondary N) is 1. The average Bonchev–Trinajstić information content (AvgIpc) is 2.61. The van der Waals surface area contributed by atoms with Crippen molar-refractivity contribution >= 4 is 17.2 Å². The lowest BCUT2D eigenvalue weighted by atomic mass is 10.3. The predicted molar refractivity (Wildman–Crippen MR) is 55.1 cm³/mol. The fraction of sp³-hybridized carbons (Fsp3) is 0.444. The van der Waals surface area contributed by atoms with E-state index in [1.807, 2.05) is 0 Å². The van der Waals surface area contributed by atoms with Gasteiger partial charge in [0.25, 0.3) is 0 Å². The Morgan fingerprint density at radius 1 is 1.64 bits per heavy atom. The summed E-state index contributed by atoms with van der Waals surface area (Å²) in [5.74, 6) is -0.406. The number of primary amides is 1. The molecule has 1 amide bonds. The normalized spacial score (nSPS) is 10.4. The molecule has 0 bridgehead atoms. The third-order valence-electron chi connectivity index (χ3n) is 1.72. The van der Waals surface area contributed by atoms with Crippen molar-refractivity contribution in [3.05, 3.63) is 21.9 Å². The molecule has 0 aliphatic heterocycles. The first kappa shape index (κ1) is 11.1. The van der Waals surface area contributed by atoms with Gasteiger partial charge in [-0.3, -0.25) is 9.18 Å². The van der Waals surface area contributed by atoms with Crippen LogP contribution in [0, 0.1) is 0 Å². The molecule has 3 nitrogen and oxygen atoms in total. The molecule has 1 heterocycles. The van der Waals surface area contributed by atoms with Crippen LogP contribution in [0.3, 0.4) is 0 Å². The predicted octanol–water partition coefficient (Wildman–Crippen LogP) is 1.30. The molecule has 0 radical (unpaired) electrons. The van der Waals surface area contributed by atoms with E-state index in [-0.39, 0.29) is 6.67 Å². The Hall–Kier alpha value is -0.940. The van der Waals surface area contributed by atoms with Crippen LogP contribution >= 0.6 is 11.3 Å². The number of nitrogens with two attached hydrogens (primary N) is 1. The summed E-state index contributed by atoms with van der Waals surface area (Å²) in [6.45, 7) is 1.02. The number of alkyl halides is 1. The molecule has 0 aliphatic carbocycles. The Kier molecular flexibility index (Phi) is 4.55. The number of halogens is 1. The van der Waals surface area contributed by atoms with Crippen molar-refractivity contribution in [1.82, 2.24) is 5.32 Å². The second-order valence-electron chi connectivity index (χ2n) is 2.89. The maximum atomic E-state index is 11.7. The third kappa shape index (κ3) is 3.43. The van der Waals surface area contributed by atoms with Gasteiger partial charge in [-0.25, -0.2) is 0 Å². The van der Waals surface area contributed by atoms with Crippen LogP contribution in [-0.4, -0.2) is 19.1 Å². The molecule has 0 atom stereocenters. The van der Waals surface area contributed by atoms with Crippen molar-refractivity contribution in [1.29, 1.82) is 0 Å². The first-order valence-electron chi connectivity index (χ1n) is 4.38. The first-order chi connectivity index (χ1) is 6.74. The largest absolute Gasteiger partial charge is 0.366 e. The van der Waals surface area contributed by atoms with Gasteiger partial charge in [0.1, 0.15) is 0 Å². The monoisotopic (exact) mass is 216 g/mol. The third-order valence-corrected chi connectivity index (χ3v) is 2.66. The van der Waals surface area contributed by atoms with Crippen LogP contribution < -0.4 is 11.1 Å². The van der Waals surface area contributed by atoms with E-state index < -0.39 is 5.91 Å². The Bertz CT molecular complexity index is 301. The number of carbonyl (C=O) groups excluding carboxylic acids is 1. The van der Waals surface area contributed by atoms with E-state index in [1.165, 1.54) is 11.3 Å². The molecule has 1 rings (SSSR count). The summed E-state index contributed by atoms with van der Waals surface area (Å²) < 4.78 is 11.7. The zero-order chi connectivity index (χ0) is 10.4. The Labute approximate surface area is 86.1 Å². The van der Waals surface area contributed by atoms with Crippen LogP contribution in [0.1, 0.15) is 21.7 Å². The fourth-order valence-electron chi connectivity index (χ4n) is 1.01. The summed E-state index contributed by atoms with van der Waals surface area (Å²) >= 11 is 1.48. The zero-order valence-corrected chi connectivity index (χ0v) is 8.57. The highest BCUT2D eigenvalue weighted by molar-refractivity contribution is 7.10. The van der Waals surface area contributed by atoms with E-state index >= 15 is 0 Å². The minimum absolute atomic E-state index is 0.302. The summed E-state index contributed by atoms with van der Waals surface area (Å²) in [5, 5.41) is 4.80. The van der Waals surface area contributed by atoms with E-state index in [1.54, 1.807) is 11.4 Å². The number of carbonyl (C=O) groups is 1. The summed E-state index contributed by atoms with van der Waals surface area (Å²) in [4.78, 5) is 11.8. The van der Waals surface area contributed by atoms with Gasteiger partial charge in [-0.2, -0.15) is 0 Å². The van der Waals surface area contributed by atoms with Gasteiger partial charge in [-0.1, -0.05) is 0 Å². The smallest absolute Gasteiger partial charge is 0.249 e. The molecule has 0 unspecified atom stereocenters. The molecule has 3 N–H and O–H groups in total. The van der Waals surface area contributed by atoms with Gasteiger partial charge >= 0.3 is 0 Å². The number of amides is 1. The second kappa shape index (κ2) is 5.72. The van der Waals surface area contributed by atoms with Crippen LogP contribution in [0.2, 0.25) is 0 Å². The molecular formula is C9H13FN2OS. The molecular weight excluding hydrogens is 203 g/mol. The van der Waals surface area contributed by atoms with Crippen LogP contribution in [0.5, 0.6) is 0 Å². The van der Waals surface area contributed by atoms with Gasteiger partial charge < -0.3 is 11.1 Å². The molecule has 14 heavy (non-hydrogen) atoms. The minimum atomic E-state index is -0.406. The standard InChI is InChI=1S/C9H13FN2OS/c10-2-1-3-12-5-8-4-7(6-14-8)9(11)13/h4,6,12H,1-3,5H2,(H2,11,13). The quantitative estimate of drug-likeness (QED) is 0.704. The maximum absolute atomic E-state index is 11.7. The molecule has 0 saturated heterocycles.